The summed E-state index contributed by atoms with van der Waals surface area (Å²) in [5.41, 5.74) is 0.892. The van der Waals surface area contributed by atoms with Gasteiger partial charge in [-0.05, 0) is 12.1 Å². The third-order valence-corrected chi connectivity index (χ3v) is 1.64. The van der Waals surface area contributed by atoms with E-state index in [9.17, 15) is 4.79 Å². The van der Waals surface area contributed by atoms with Crippen LogP contribution < -0.4 is 0 Å². The van der Waals surface area contributed by atoms with Crippen molar-refractivity contribution < 1.29 is 4.79 Å². The number of aromatic nitrogens is 3. The second-order valence-electron chi connectivity index (χ2n) is 2.50. The maximum Gasteiger partial charge on any atom is 0.214 e. The first-order valence-corrected chi connectivity index (χ1v) is 3.82. The van der Waals surface area contributed by atoms with E-state index >= 15 is 0 Å². The Morgan fingerprint density at radius 3 is 2.62 bits per heavy atom. The molecule has 0 spiro atoms. The van der Waals surface area contributed by atoms with Crippen LogP contribution >= 0.6 is 0 Å². The first-order chi connectivity index (χ1) is 6.40. The molecule has 1 aromatic heterocycles. The Bertz CT molecular complexity index is 408. The molecule has 2 aromatic rings. The average Bonchev–Trinajstić information content (AvgIpc) is 2.67. The van der Waals surface area contributed by atoms with Crippen LogP contribution in [-0.4, -0.2) is 21.1 Å². The van der Waals surface area contributed by atoms with Crippen molar-refractivity contribution in [2.45, 2.75) is 0 Å². The molecule has 13 heavy (non-hydrogen) atoms. The van der Waals surface area contributed by atoms with E-state index in [0.29, 0.717) is 6.29 Å². The number of benzene rings is 1. The molecule has 2 rings (SSSR count). The molecule has 0 bridgehead atoms. The van der Waals surface area contributed by atoms with Crippen molar-refractivity contribution in [1.82, 2.24) is 14.8 Å². The smallest absolute Gasteiger partial charge is 0.214 e. The van der Waals surface area contributed by atoms with Gasteiger partial charge >= 0.3 is 0 Å². The Kier molecular flexibility index (Phi) is 1.88. The van der Waals surface area contributed by atoms with Gasteiger partial charge in [0.1, 0.15) is 6.33 Å². The normalized spacial score (nSPS) is 9.85. The molecule has 1 aromatic carbocycles. The van der Waals surface area contributed by atoms with Gasteiger partial charge in [-0.1, -0.05) is 18.2 Å². The summed E-state index contributed by atoms with van der Waals surface area (Å²) in [6.07, 6.45) is 2.14. The predicted octanol–water partition coefficient (Wildman–Crippen LogP) is 1.08. The third-order valence-electron chi connectivity index (χ3n) is 1.64. The standard InChI is InChI=1S/C9H7N3O/c13-6-9-10-7-12(11-9)8-4-2-1-3-5-8/h1-7H. The summed E-state index contributed by atoms with van der Waals surface area (Å²) >= 11 is 0. The largest absolute Gasteiger partial charge is 0.294 e. The molecule has 0 fully saturated rings. The van der Waals surface area contributed by atoms with Gasteiger partial charge < -0.3 is 0 Å². The number of hydrogen-bond donors (Lipinski definition) is 0. The fourth-order valence-corrected chi connectivity index (χ4v) is 1.03. The molecular formula is C9H7N3O. The van der Waals surface area contributed by atoms with Gasteiger partial charge in [0.05, 0.1) is 5.69 Å². The van der Waals surface area contributed by atoms with Crippen molar-refractivity contribution in [2.75, 3.05) is 0 Å². The number of nitrogens with zero attached hydrogens (tertiary/aromatic N) is 3. The zero-order valence-electron chi connectivity index (χ0n) is 6.79. The van der Waals surface area contributed by atoms with Crippen LogP contribution in [-0.2, 0) is 0 Å². The van der Waals surface area contributed by atoms with Gasteiger partial charge in [-0.15, -0.1) is 5.10 Å². The quantitative estimate of drug-likeness (QED) is 0.638. The Morgan fingerprint density at radius 2 is 2.00 bits per heavy atom. The molecule has 4 heteroatoms. The van der Waals surface area contributed by atoms with E-state index < -0.39 is 0 Å². The SMILES string of the molecule is O=Cc1ncn(-c2ccccc2)n1. The number of rotatable bonds is 2. The highest BCUT2D eigenvalue weighted by Gasteiger charge is 1.99. The molecule has 0 saturated heterocycles. The minimum Gasteiger partial charge on any atom is -0.294 e. The Balaban J connectivity index is 2.41. The first kappa shape index (κ1) is 7.67. The minimum atomic E-state index is 0.198. The van der Waals surface area contributed by atoms with Crippen molar-refractivity contribution in [2.24, 2.45) is 0 Å². The zero-order valence-corrected chi connectivity index (χ0v) is 6.79. The fraction of sp³-hybridized carbons (Fsp3) is 0. The maximum absolute atomic E-state index is 10.3. The monoisotopic (exact) mass is 173 g/mol. The molecule has 0 unspecified atom stereocenters. The summed E-state index contributed by atoms with van der Waals surface area (Å²) in [6, 6.07) is 9.50. The molecule has 0 aliphatic carbocycles. The summed E-state index contributed by atoms with van der Waals surface area (Å²) < 4.78 is 1.56. The molecule has 64 valence electrons. The van der Waals surface area contributed by atoms with E-state index in [0.717, 1.165) is 5.69 Å². The van der Waals surface area contributed by atoms with Gasteiger partial charge in [0.2, 0.25) is 5.82 Å². The van der Waals surface area contributed by atoms with Crippen LogP contribution in [0.3, 0.4) is 0 Å². The summed E-state index contributed by atoms with van der Waals surface area (Å²) in [7, 11) is 0. The third kappa shape index (κ3) is 1.46. The number of para-hydroxylation sites is 1. The molecule has 0 N–H and O–H groups in total. The van der Waals surface area contributed by atoms with Crippen molar-refractivity contribution in [3.63, 3.8) is 0 Å². The summed E-state index contributed by atoms with van der Waals surface area (Å²) in [5.74, 6) is 0.198. The first-order valence-electron chi connectivity index (χ1n) is 3.82. The number of carbonyl (C=O) groups excluding carboxylic acids is 1. The molecule has 0 aliphatic rings. The molecule has 4 nitrogen and oxygen atoms in total. The molecule has 0 amide bonds. The average molecular weight is 173 g/mol. The van der Waals surface area contributed by atoms with Gasteiger partial charge in [-0.2, -0.15) is 0 Å². The van der Waals surface area contributed by atoms with Crippen LogP contribution in [0.5, 0.6) is 0 Å². The molecule has 1 heterocycles. The van der Waals surface area contributed by atoms with Crippen LogP contribution in [0.4, 0.5) is 0 Å². The van der Waals surface area contributed by atoms with Gasteiger partial charge in [0, 0.05) is 0 Å². The number of aldehydes is 1. The highest BCUT2D eigenvalue weighted by molar-refractivity contribution is 5.68. The van der Waals surface area contributed by atoms with Crippen molar-refractivity contribution >= 4 is 6.29 Å². The van der Waals surface area contributed by atoms with E-state index in [2.05, 4.69) is 10.1 Å². The Labute approximate surface area is 74.8 Å². The molecule has 0 atom stereocenters. The van der Waals surface area contributed by atoms with Crippen molar-refractivity contribution in [1.29, 1.82) is 0 Å². The van der Waals surface area contributed by atoms with Gasteiger partial charge in [-0.3, -0.25) is 4.79 Å². The second kappa shape index (κ2) is 3.18. The Hall–Kier alpha value is -1.97. The van der Waals surface area contributed by atoms with Gasteiger partial charge in [0.15, 0.2) is 6.29 Å². The van der Waals surface area contributed by atoms with Crippen molar-refractivity contribution in [3.05, 3.63) is 42.5 Å². The lowest BCUT2D eigenvalue weighted by molar-refractivity contribution is 0.111. The van der Waals surface area contributed by atoms with E-state index in [1.807, 2.05) is 30.3 Å². The molecule has 0 saturated carbocycles. The van der Waals surface area contributed by atoms with Gasteiger partial charge in [-0.25, -0.2) is 9.67 Å². The molecule has 0 aliphatic heterocycles. The molecular weight excluding hydrogens is 166 g/mol. The van der Waals surface area contributed by atoms with Gasteiger partial charge in [0.25, 0.3) is 0 Å². The lowest BCUT2D eigenvalue weighted by Gasteiger charge is -1.96. The van der Waals surface area contributed by atoms with E-state index in [1.165, 1.54) is 6.33 Å². The van der Waals surface area contributed by atoms with E-state index in [1.54, 1.807) is 4.68 Å². The lowest BCUT2D eigenvalue weighted by Crippen LogP contribution is -1.94. The van der Waals surface area contributed by atoms with Crippen LogP contribution in [0.1, 0.15) is 10.6 Å². The highest BCUT2D eigenvalue weighted by Crippen LogP contribution is 2.03. The zero-order chi connectivity index (χ0) is 9.10. The highest BCUT2D eigenvalue weighted by atomic mass is 16.1. The topological polar surface area (TPSA) is 47.8 Å². The minimum absolute atomic E-state index is 0.198. The summed E-state index contributed by atoms with van der Waals surface area (Å²) in [4.78, 5) is 14.1. The van der Waals surface area contributed by atoms with Crippen LogP contribution in [0.15, 0.2) is 36.7 Å². The second-order valence-corrected chi connectivity index (χ2v) is 2.50. The number of carbonyl (C=O) groups is 1. The summed E-state index contributed by atoms with van der Waals surface area (Å²) in [5, 5.41) is 3.94. The predicted molar refractivity (Wildman–Crippen MR) is 46.7 cm³/mol. The fourth-order valence-electron chi connectivity index (χ4n) is 1.03. The van der Waals surface area contributed by atoms with Crippen LogP contribution in [0.25, 0.3) is 5.69 Å². The molecule has 0 radical (unpaired) electrons. The lowest BCUT2D eigenvalue weighted by atomic mass is 10.3. The van der Waals surface area contributed by atoms with Crippen molar-refractivity contribution in [3.8, 4) is 5.69 Å². The van der Waals surface area contributed by atoms with Crippen LogP contribution in [0.2, 0.25) is 0 Å². The van der Waals surface area contributed by atoms with E-state index in [4.69, 9.17) is 0 Å². The number of hydrogen-bond acceptors (Lipinski definition) is 3. The van der Waals surface area contributed by atoms with Crippen LogP contribution in [0, 0.1) is 0 Å². The maximum atomic E-state index is 10.3. The summed E-state index contributed by atoms with van der Waals surface area (Å²) in [6.45, 7) is 0. The van der Waals surface area contributed by atoms with E-state index in [-0.39, 0.29) is 5.82 Å². The Morgan fingerprint density at radius 1 is 1.23 bits per heavy atom.